The van der Waals surface area contributed by atoms with E-state index in [-0.39, 0.29) is 18.3 Å². The van der Waals surface area contributed by atoms with Crippen LogP contribution in [-0.2, 0) is 36.5 Å². The highest BCUT2D eigenvalue weighted by Crippen LogP contribution is 2.36. The molecule has 7 heterocycles. The lowest BCUT2D eigenvalue weighted by atomic mass is 9.85. The molecule has 16 heteroatoms. The van der Waals surface area contributed by atoms with Crippen LogP contribution in [0.15, 0.2) is 102 Å². The summed E-state index contributed by atoms with van der Waals surface area (Å²) in [6, 6.07) is 24.9. The second-order valence-electron chi connectivity index (χ2n) is 14.6. The number of hydrogen-bond donors (Lipinski definition) is 0. The van der Waals surface area contributed by atoms with E-state index in [0.717, 1.165) is 68.4 Å². The van der Waals surface area contributed by atoms with E-state index in [1.807, 2.05) is 74.0 Å². The molecule has 0 N–H and O–H groups in total. The molecule has 1 aliphatic heterocycles. The van der Waals surface area contributed by atoms with Gasteiger partial charge in [-0.1, -0.05) is 71.1 Å². The third-order valence-corrected chi connectivity index (χ3v) is 10.6. The number of hydrogen-bond acceptors (Lipinski definition) is 10. The zero-order chi connectivity index (χ0) is 39.6. The topological polar surface area (TPSA) is 141 Å². The monoisotopic (exact) mass is 814 g/mol. The van der Waals surface area contributed by atoms with Crippen LogP contribution in [0.1, 0.15) is 50.5 Å². The maximum atomic E-state index is 5.87. The first kappa shape index (κ1) is 38.7. The van der Waals surface area contributed by atoms with Gasteiger partial charge in [0.1, 0.15) is 11.6 Å². The second kappa shape index (κ2) is 15.9. The molecule has 286 valence electrons. The lowest BCUT2D eigenvalue weighted by Crippen LogP contribution is -2.41. The number of benzene rings is 2. The lowest BCUT2D eigenvalue weighted by molar-refractivity contribution is 0.00578. The van der Waals surface area contributed by atoms with Crippen molar-refractivity contribution in [2.24, 2.45) is 14.1 Å². The van der Waals surface area contributed by atoms with Crippen molar-refractivity contribution in [1.82, 2.24) is 59.1 Å². The van der Waals surface area contributed by atoms with Crippen LogP contribution in [0.2, 0.25) is 0 Å². The summed E-state index contributed by atoms with van der Waals surface area (Å²) in [6.07, 6.45) is 7.01. The minimum Gasteiger partial charge on any atom is -0.398 e. The van der Waals surface area contributed by atoms with E-state index in [1.165, 1.54) is 11.1 Å². The summed E-state index contributed by atoms with van der Waals surface area (Å²) in [5.41, 5.74) is 8.27. The summed E-state index contributed by atoms with van der Waals surface area (Å²) < 4.78 is 20.5. The molecule has 1 saturated heterocycles. The van der Waals surface area contributed by atoms with Crippen LogP contribution in [0, 0.1) is 13.8 Å². The largest absolute Gasteiger partial charge is 0.515 e. The minimum absolute atomic E-state index is 0.318. The van der Waals surface area contributed by atoms with Crippen molar-refractivity contribution >= 4 is 51.0 Å². The first-order valence-electron chi connectivity index (χ1n) is 18.2. The Morgan fingerprint density at radius 2 is 1.14 bits per heavy atom. The molecule has 0 saturated carbocycles. The van der Waals surface area contributed by atoms with Crippen molar-refractivity contribution in [3.8, 4) is 11.3 Å². The van der Waals surface area contributed by atoms with Crippen LogP contribution >= 0.6 is 15.9 Å². The van der Waals surface area contributed by atoms with Gasteiger partial charge in [0.25, 0.3) is 0 Å². The van der Waals surface area contributed by atoms with Gasteiger partial charge in [-0.25, -0.2) is 24.6 Å². The van der Waals surface area contributed by atoms with Crippen molar-refractivity contribution in [3.63, 3.8) is 0 Å². The Balaban J connectivity index is 0.000000132. The minimum atomic E-state index is -0.380. The summed E-state index contributed by atoms with van der Waals surface area (Å²) in [5.74, 6) is 1.94. The Labute approximate surface area is 334 Å². The Kier molecular flexibility index (Phi) is 11.0. The first-order valence-corrected chi connectivity index (χ1v) is 19.0. The fourth-order valence-electron chi connectivity index (χ4n) is 6.31. The second-order valence-corrected chi connectivity index (χ2v) is 15.6. The van der Waals surface area contributed by atoms with Crippen LogP contribution in [0.3, 0.4) is 0 Å². The number of nitrogens with zero attached hydrogens (tertiary/aromatic N) is 12. The van der Waals surface area contributed by atoms with E-state index < -0.39 is 0 Å². The van der Waals surface area contributed by atoms with Gasteiger partial charge in [0.2, 0.25) is 0 Å². The molecule has 56 heavy (non-hydrogen) atoms. The Bertz CT molecular complexity index is 2560. The van der Waals surface area contributed by atoms with Gasteiger partial charge in [-0.2, -0.15) is 0 Å². The molecule has 14 nitrogen and oxygen atoms in total. The maximum absolute atomic E-state index is 5.87. The zero-order valence-corrected chi connectivity index (χ0v) is 34.4. The van der Waals surface area contributed by atoms with Gasteiger partial charge in [0.15, 0.2) is 11.3 Å². The van der Waals surface area contributed by atoms with E-state index in [4.69, 9.17) is 9.31 Å². The molecule has 0 radical (unpaired) electrons. The van der Waals surface area contributed by atoms with E-state index >= 15 is 0 Å². The smallest absolute Gasteiger partial charge is 0.398 e. The number of aromatic nitrogens is 12. The molecule has 1 fully saturated rings. The van der Waals surface area contributed by atoms with Gasteiger partial charge in [0.05, 0.1) is 45.9 Å². The standard InChI is InChI=1S/C17H16N6.C14H12BrN3.C9H16BN3O2/c1-12-20-17-15(23(12)11-13-6-4-3-5-7-13)8-14(9-18-17)16-10-19-21-22(16)2;1-10-17-14-13(7-12(15)8-16-14)18(10)9-11-5-3-2-4-6-11;1-8(2)9(3,4)15-10(14-8)7-6-11-12-13(7)5/h3-10H,11H2,1-2H3;2-8H,9H2,1H3;6H,1-5H3. The molecule has 0 unspecified atom stereocenters. The molecular weight excluding hydrogens is 771 g/mol. The van der Waals surface area contributed by atoms with E-state index in [1.54, 1.807) is 28.0 Å². The highest BCUT2D eigenvalue weighted by molar-refractivity contribution is 9.10. The fourth-order valence-corrected chi connectivity index (χ4v) is 6.63. The SMILES string of the molecule is Cc1nc2ncc(-c3cnnn3C)cc2n1Cc1ccccc1.Cc1nc2ncc(Br)cc2n1Cc1ccccc1.Cn1nncc1B1OC(C)(C)C(C)(C)O1. The molecule has 0 aliphatic carbocycles. The predicted octanol–water partition coefficient (Wildman–Crippen LogP) is 6.25. The number of rotatable bonds is 6. The van der Waals surface area contributed by atoms with Gasteiger partial charge >= 0.3 is 7.12 Å². The molecule has 6 aromatic heterocycles. The molecule has 0 bridgehead atoms. The number of halogens is 1. The van der Waals surface area contributed by atoms with Crippen LogP contribution in [0.5, 0.6) is 0 Å². The Morgan fingerprint density at radius 1 is 0.643 bits per heavy atom. The third kappa shape index (κ3) is 8.17. The van der Waals surface area contributed by atoms with Crippen molar-refractivity contribution in [1.29, 1.82) is 0 Å². The quantitative estimate of drug-likeness (QED) is 0.177. The van der Waals surface area contributed by atoms with Gasteiger partial charge in [-0.3, -0.25) is 4.68 Å². The van der Waals surface area contributed by atoms with Crippen molar-refractivity contribution in [2.45, 2.75) is 65.8 Å². The molecule has 9 rings (SSSR count). The Morgan fingerprint density at radius 3 is 1.64 bits per heavy atom. The molecule has 2 aromatic carbocycles. The van der Waals surface area contributed by atoms with Gasteiger partial charge in [-0.05, 0) is 80.7 Å². The van der Waals surface area contributed by atoms with Gasteiger partial charge in [-0.15, -0.1) is 10.2 Å². The molecule has 0 atom stereocenters. The normalized spacial score (nSPS) is 14.4. The van der Waals surface area contributed by atoms with E-state index in [0.29, 0.717) is 0 Å². The molecule has 0 amide bonds. The summed E-state index contributed by atoms with van der Waals surface area (Å²) >= 11 is 3.46. The van der Waals surface area contributed by atoms with Crippen LogP contribution in [0.25, 0.3) is 33.6 Å². The lowest BCUT2D eigenvalue weighted by Gasteiger charge is -2.32. The highest BCUT2D eigenvalue weighted by atomic mass is 79.9. The van der Waals surface area contributed by atoms with Crippen LogP contribution < -0.4 is 5.59 Å². The van der Waals surface area contributed by atoms with Crippen LogP contribution in [0.4, 0.5) is 0 Å². The zero-order valence-electron chi connectivity index (χ0n) is 32.8. The maximum Gasteiger partial charge on any atom is 0.515 e. The summed E-state index contributed by atoms with van der Waals surface area (Å²) in [4.78, 5) is 17.9. The molecule has 1 aliphatic rings. The summed E-state index contributed by atoms with van der Waals surface area (Å²) in [6.45, 7) is 13.7. The fraction of sp³-hybridized carbons (Fsp3) is 0.300. The number of imidazole rings is 2. The molecule has 8 aromatic rings. The summed E-state index contributed by atoms with van der Waals surface area (Å²) in [5, 5.41) is 15.6. The van der Waals surface area contributed by atoms with E-state index in [2.05, 4.69) is 126 Å². The number of pyridine rings is 2. The van der Waals surface area contributed by atoms with Gasteiger partial charge < -0.3 is 18.4 Å². The van der Waals surface area contributed by atoms with Crippen LogP contribution in [-0.4, -0.2) is 77.4 Å². The van der Waals surface area contributed by atoms with Crippen molar-refractivity contribution in [3.05, 3.63) is 125 Å². The van der Waals surface area contributed by atoms with Gasteiger partial charge in [0, 0.05) is 49.6 Å². The molecular formula is C40H44BBrN12O2. The van der Waals surface area contributed by atoms with E-state index in [9.17, 15) is 0 Å². The highest BCUT2D eigenvalue weighted by Gasteiger charge is 2.52. The molecule has 0 spiro atoms. The van der Waals surface area contributed by atoms with Crippen molar-refractivity contribution < 1.29 is 9.31 Å². The Hall–Kier alpha value is -5.58. The average Bonchev–Trinajstić information content (AvgIpc) is 3.98. The average molecular weight is 816 g/mol. The predicted molar refractivity (Wildman–Crippen MR) is 220 cm³/mol. The number of aryl methyl sites for hydroxylation is 4. The summed E-state index contributed by atoms with van der Waals surface area (Å²) in [7, 11) is 3.32. The first-order chi connectivity index (χ1) is 26.8. The third-order valence-electron chi connectivity index (χ3n) is 10.2. The number of fused-ring (bicyclic) bond motifs is 2. The van der Waals surface area contributed by atoms with Crippen molar-refractivity contribution in [2.75, 3.05) is 0 Å².